The van der Waals surface area contributed by atoms with Crippen molar-refractivity contribution in [1.82, 2.24) is 9.55 Å². The lowest BCUT2D eigenvalue weighted by atomic mass is 10.2. The molecule has 4 nitrogen and oxygen atoms in total. The first-order chi connectivity index (χ1) is 8.61. The molecule has 0 aliphatic heterocycles. The summed E-state index contributed by atoms with van der Waals surface area (Å²) >= 11 is 0. The zero-order valence-corrected chi connectivity index (χ0v) is 10.8. The molecule has 2 aromatic rings. The van der Waals surface area contributed by atoms with Gasteiger partial charge in [0.1, 0.15) is 12.2 Å². The molecular formula is C14H18N2O2. The number of carboxylic acid groups (broad SMARTS) is 1. The Bertz CT molecular complexity index is 572. The van der Waals surface area contributed by atoms with Crippen LogP contribution in [0.25, 0.3) is 11.0 Å². The zero-order valence-electron chi connectivity index (χ0n) is 10.8. The number of carbonyl (C=O) groups is 1. The molecule has 0 saturated heterocycles. The Hall–Kier alpha value is -1.84. The molecule has 4 heteroatoms. The van der Waals surface area contributed by atoms with E-state index >= 15 is 0 Å². The first-order valence-corrected chi connectivity index (χ1v) is 6.29. The molecule has 1 aromatic heterocycles. The van der Waals surface area contributed by atoms with Gasteiger partial charge in [-0.2, -0.15) is 0 Å². The second-order valence-electron chi connectivity index (χ2n) is 4.60. The number of fused-ring (bicyclic) bond motifs is 1. The van der Waals surface area contributed by atoms with Gasteiger partial charge < -0.3 is 9.67 Å². The van der Waals surface area contributed by atoms with E-state index in [-0.39, 0.29) is 6.42 Å². The van der Waals surface area contributed by atoms with Gasteiger partial charge in [0.05, 0.1) is 11.0 Å². The molecule has 0 fully saturated rings. The number of imidazole rings is 1. The van der Waals surface area contributed by atoms with Gasteiger partial charge in [0.25, 0.3) is 0 Å². The largest absolute Gasteiger partial charge is 0.481 e. The third-order valence-corrected chi connectivity index (χ3v) is 3.03. The molecule has 0 bridgehead atoms. The highest BCUT2D eigenvalue weighted by molar-refractivity contribution is 5.78. The second-order valence-corrected chi connectivity index (χ2v) is 4.60. The predicted molar refractivity (Wildman–Crippen MR) is 70.7 cm³/mol. The number of aryl methyl sites for hydroxylation is 2. The highest BCUT2D eigenvalue weighted by Gasteiger charge is 2.13. The van der Waals surface area contributed by atoms with Gasteiger partial charge >= 0.3 is 5.97 Å². The first kappa shape index (κ1) is 12.6. The number of hydrogen-bond acceptors (Lipinski definition) is 2. The molecule has 1 aromatic carbocycles. The molecule has 0 unspecified atom stereocenters. The second kappa shape index (κ2) is 5.21. The topological polar surface area (TPSA) is 55.1 Å². The average Bonchev–Trinajstić information content (AvgIpc) is 2.62. The Morgan fingerprint density at radius 1 is 1.44 bits per heavy atom. The van der Waals surface area contributed by atoms with Crippen LogP contribution in [0.4, 0.5) is 0 Å². The summed E-state index contributed by atoms with van der Waals surface area (Å²) in [6.45, 7) is 4.97. The highest BCUT2D eigenvalue weighted by Crippen LogP contribution is 2.19. The van der Waals surface area contributed by atoms with Crippen LogP contribution in [0.2, 0.25) is 0 Å². The molecule has 0 aliphatic carbocycles. The fourth-order valence-corrected chi connectivity index (χ4v) is 2.13. The molecule has 2 rings (SSSR count). The van der Waals surface area contributed by atoms with Gasteiger partial charge in [0, 0.05) is 6.54 Å². The van der Waals surface area contributed by atoms with Gasteiger partial charge in [-0.3, -0.25) is 4.79 Å². The lowest BCUT2D eigenvalue weighted by molar-refractivity contribution is -0.136. The normalized spacial score (nSPS) is 11.0. The van der Waals surface area contributed by atoms with Gasteiger partial charge in [-0.15, -0.1) is 0 Å². The minimum Gasteiger partial charge on any atom is -0.481 e. The van der Waals surface area contributed by atoms with E-state index in [1.54, 1.807) is 0 Å². The van der Waals surface area contributed by atoms with Crippen LogP contribution >= 0.6 is 0 Å². The van der Waals surface area contributed by atoms with Crippen LogP contribution in [-0.2, 0) is 17.8 Å². The fraction of sp³-hybridized carbons (Fsp3) is 0.429. The Morgan fingerprint density at radius 2 is 2.22 bits per heavy atom. The van der Waals surface area contributed by atoms with Crippen molar-refractivity contribution in [3.63, 3.8) is 0 Å². The van der Waals surface area contributed by atoms with E-state index < -0.39 is 5.97 Å². The number of aromatic nitrogens is 2. The molecule has 1 N–H and O–H groups in total. The molecule has 0 atom stereocenters. The summed E-state index contributed by atoms with van der Waals surface area (Å²) in [6.07, 6.45) is 2.10. The molecule has 0 spiro atoms. The minimum absolute atomic E-state index is 0.0164. The Kier molecular flexibility index (Phi) is 3.65. The maximum Gasteiger partial charge on any atom is 0.311 e. The van der Waals surface area contributed by atoms with Crippen LogP contribution in [0.1, 0.15) is 31.2 Å². The third-order valence-electron chi connectivity index (χ3n) is 3.03. The zero-order chi connectivity index (χ0) is 13.1. The number of benzene rings is 1. The maximum absolute atomic E-state index is 10.9. The summed E-state index contributed by atoms with van der Waals surface area (Å²) < 4.78 is 2.03. The number of rotatable bonds is 5. The van der Waals surface area contributed by atoms with Crippen molar-refractivity contribution in [2.45, 2.75) is 39.7 Å². The predicted octanol–water partition coefficient (Wildman–Crippen LogP) is 2.77. The van der Waals surface area contributed by atoms with Crippen LogP contribution in [0.15, 0.2) is 18.2 Å². The molecule has 0 saturated carbocycles. The van der Waals surface area contributed by atoms with Crippen LogP contribution in [-0.4, -0.2) is 20.6 Å². The lowest BCUT2D eigenvalue weighted by Gasteiger charge is -2.07. The molecule has 18 heavy (non-hydrogen) atoms. The van der Waals surface area contributed by atoms with Gasteiger partial charge in [-0.25, -0.2) is 4.98 Å². The van der Waals surface area contributed by atoms with Crippen LogP contribution in [0, 0.1) is 6.92 Å². The van der Waals surface area contributed by atoms with Crippen molar-refractivity contribution in [2.75, 3.05) is 0 Å². The van der Waals surface area contributed by atoms with E-state index in [1.165, 1.54) is 0 Å². The quantitative estimate of drug-likeness (QED) is 0.882. The minimum atomic E-state index is -0.834. The average molecular weight is 246 g/mol. The summed E-state index contributed by atoms with van der Waals surface area (Å²) in [5.74, 6) is -0.184. The maximum atomic E-state index is 10.9. The Labute approximate surface area is 106 Å². The number of nitrogens with zero attached hydrogens (tertiary/aromatic N) is 2. The van der Waals surface area contributed by atoms with Gasteiger partial charge in [0.15, 0.2) is 0 Å². The van der Waals surface area contributed by atoms with Gasteiger partial charge in [-0.05, 0) is 31.0 Å². The molecular weight excluding hydrogens is 228 g/mol. The fourth-order valence-electron chi connectivity index (χ4n) is 2.13. The van der Waals surface area contributed by atoms with Crippen LogP contribution in [0.5, 0.6) is 0 Å². The van der Waals surface area contributed by atoms with Crippen molar-refractivity contribution in [3.05, 3.63) is 29.6 Å². The molecule has 0 radical (unpaired) electrons. The third kappa shape index (κ3) is 2.53. The summed E-state index contributed by atoms with van der Waals surface area (Å²) in [6, 6.07) is 6.07. The summed E-state index contributed by atoms with van der Waals surface area (Å²) in [5.41, 5.74) is 3.07. The van der Waals surface area contributed by atoms with Crippen molar-refractivity contribution in [3.8, 4) is 0 Å². The van der Waals surface area contributed by atoms with Crippen LogP contribution < -0.4 is 0 Å². The standard InChI is InChI=1S/C14H18N2O2/c1-3-4-7-16-12-6-5-10(2)8-11(12)15-13(16)9-14(17)18/h5-6,8H,3-4,7,9H2,1-2H3,(H,17,18). The lowest BCUT2D eigenvalue weighted by Crippen LogP contribution is -2.09. The van der Waals surface area contributed by atoms with Crippen molar-refractivity contribution in [1.29, 1.82) is 0 Å². The summed E-state index contributed by atoms with van der Waals surface area (Å²) in [5, 5.41) is 8.94. The van der Waals surface area contributed by atoms with Gasteiger partial charge in [-0.1, -0.05) is 19.4 Å². The van der Waals surface area contributed by atoms with Crippen molar-refractivity contribution >= 4 is 17.0 Å². The van der Waals surface area contributed by atoms with E-state index in [2.05, 4.69) is 11.9 Å². The van der Waals surface area contributed by atoms with E-state index in [1.807, 2.05) is 29.7 Å². The molecule has 1 heterocycles. The number of aliphatic carboxylic acids is 1. The molecule has 0 aliphatic rings. The highest BCUT2D eigenvalue weighted by atomic mass is 16.4. The Morgan fingerprint density at radius 3 is 2.89 bits per heavy atom. The van der Waals surface area contributed by atoms with Crippen molar-refractivity contribution in [2.24, 2.45) is 0 Å². The van der Waals surface area contributed by atoms with E-state index in [0.29, 0.717) is 5.82 Å². The molecule has 96 valence electrons. The summed E-state index contributed by atoms with van der Waals surface area (Å²) in [4.78, 5) is 15.3. The van der Waals surface area contributed by atoms with Crippen molar-refractivity contribution < 1.29 is 9.90 Å². The molecule has 0 amide bonds. The van der Waals surface area contributed by atoms with Crippen LogP contribution in [0.3, 0.4) is 0 Å². The monoisotopic (exact) mass is 246 g/mol. The Balaban J connectivity index is 2.49. The smallest absolute Gasteiger partial charge is 0.311 e. The SMILES string of the molecule is CCCCn1c(CC(=O)O)nc2cc(C)ccc21. The van der Waals surface area contributed by atoms with Gasteiger partial charge in [0.2, 0.25) is 0 Å². The number of carboxylic acids is 1. The number of unbranched alkanes of at least 4 members (excludes halogenated alkanes) is 1. The van der Waals surface area contributed by atoms with E-state index in [9.17, 15) is 4.79 Å². The van der Waals surface area contributed by atoms with E-state index in [4.69, 9.17) is 5.11 Å². The van der Waals surface area contributed by atoms with E-state index in [0.717, 1.165) is 36.0 Å². The number of hydrogen-bond donors (Lipinski definition) is 1. The summed E-state index contributed by atoms with van der Waals surface area (Å²) in [7, 11) is 0. The first-order valence-electron chi connectivity index (χ1n) is 6.29.